The van der Waals surface area contributed by atoms with Gasteiger partial charge in [0.05, 0.1) is 11.5 Å². The van der Waals surface area contributed by atoms with Crippen LogP contribution < -0.4 is 5.32 Å². The Hall–Kier alpha value is -1.73. The van der Waals surface area contributed by atoms with Gasteiger partial charge >= 0.3 is 0 Å². The molecule has 23 heavy (non-hydrogen) atoms. The van der Waals surface area contributed by atoms with Crippen molar-refractivity contribution in [3.8, 4) is 0 Å². The van der Waals surface area contributed by atoms with Crippen molar-refractivity contribution in [1.82, 2.24) is 15.1 Å². The molecule has 2 saturated heterocycles. The van der Waals surface area contributed by atoms with Gasteiger partial charge in [-0.25, -0.2) is 8.78 Å². The zero-order chi connectivity index (χ0) is 15.7. The minimum atomic E-state index is -0.857. The van der Waals surface area contributed by atoms with Crippen molar-refractivity contribution in [3.05, 3.63) is 35.4 Å². The molecule has 3 rings (SSSR count). The van der Waals surface area contributed by atoms with Gasteiger partial charge < -0.3 is 15.1 Å². The van der Waals surface area contributed by atoms with Crippen molar-refractivity contribution < 1.29 is 18.4 Å². The lowest BCUT2D eigenvalue weighted by Crippen LogP contribution is -2.57. The molecule has 0 aliphatic carbocycles. The Morgan fingerprint density at radius 2 is 1.65 bits per heavy atom. The fourth-order valence-electron chi connectivity index (χ4n) is 2.68. The molecule has 1 aromatic carbocycles. The van der Waals surface area contributed by atoms with E-state index in [2.05, 4.69) is 5.32 Å². The summed E-state index contributed by atoms with van der Waals surface area (Å²) >= 11 is 0. The van der Waals surface area contributed by atoms with Crippen LogP contribution in [0.2, 0.25) is 0 Å². The van der Waals surface area contributed by atoms with Crippen LogP contribution in [-0.4, -0.2) is 60.9 Å². The maximum Gasteiger partial charge on any atom is 0.256 e. The van der Waals surface area contributed by atoms with Crippen LogP contribution in [0.1, 0.15) is 10.4 Å². The SMILES string of the molecule is Cl.O=C(c1ccc(F)cc1F)N1CCN(C(=O)C2CNC2)CC1. The third-order valence-corrected chi connectivity index (χ3v) is 4.17. The Kier molecular flexibility index (Phi) is 5.54. The maximum absolute atomic E-state index is 13.7. The molecule has 1 N–H and O–H groups in total. The summed E-state index contributed by atoms with van der Waals surface area (Å²) in [6.45, 7) is 3.04. The molecule has 0 unspecified atom stereocenters. The summed E-state index contributed by atoms with van der Waals surface area (Å²) in [4.78, 5) is 27.6. The second-order valence-electron chi connectivity index (χ2n) is 5.60. The van der Waals surface area contributed by atoms with Gasteiger partial charge in [0.25, 0.3) is 5.91 Å². The molecule has 8 heteroatoms. The maximum atomic E-state index is 13.7. The lowest BCUT2D eigenvalue weighted by atomic mass is 10.0. The Balaban J connectivity index is 0.00000192. The van der Waals surface area contributed by atoms with Crippen LogP contribution in [-0.2, 0) is 4.79 Å². The quantitative estimate of drug-likeness (QED) is 0.866. The van der Waals surface area contributed by atoms with E-state index in [1.54, 1.807) is 4.90 Å². The Bertz CT molecular complexity index is 602. The van der Waals surface area contributed by atoms with Crippen LogP contribution in [0.25, 0.3) is 0 Å². The van der Waals surface area contributed by atoms with Gasteiger partial charge in [-0.1, -0.05) is 0 Å². The molecule has 5 nitrogen and oxygen atoms in total. The number of halogens is 3. The molecule has 2 aliphatic rings. The number of amides is 2. The van der Waals surface area contributed by atoms with E-state index in [-0.39, 0.29) is 29.8 Å². The van der Waals surface area contributed by atoms with Crippen molar-refractivity contribution in [2.45, 2.75) is 0 Å². The number of benzene rings is 1. The molecule has 1 aromatic rings. The van der Waals surface area contributed by atoms with Crippen LogP contribution in [0.15, 0.2) is 18.2 Å². The van der Waals surface area contributed by atoms with Crippen LogP contribution in [0.5, 0.6) is 0 Å². The molecule has 0 saturated carbocycles. The standard InChI is InChI=1S/C15H17F2N3O2.ClH/c16-11-1-2-12(13(17)7-11)15(22)20-5-3-19(4-6-20)14(21)10-8-18-9-10;/h1-2,7,10,18H,3-6,8-9H2;1H. The number of carbonyl (C=O) groups is 2. The van der Waals surface area contributed by atoms with Gasteiger partial charge in [0, 0.05) is 45.3 Å². The second kappa shape index (κ2) is 7.23. The van der Waals surface area contributed by atoms with Crippen LogP contribution in [0, 0.1) is 17.6 Å². The summed E-state index contributed by atoms with van der Waals surface area (Å²) in [5, 5.41) is 3.06. The van der Waals surface area contributed by atoms with E-state index < -0.39 is 17.5 Å². The summed E-state index contributed by atoms with van der Waals surface area (Å²) in [6.07, 6.45) is 0. The molecule has 126 valence electrons. The molecule has 2 amide bonds. The topological polar surface area (TPSA) is 52.7 Å². The summed E-state index contributed by atoms with van der Waals surface area (Å²) < 4.78 is 26.6. The molecule has 0 spiro atoms. The molecule has 2 fully saturated rings. The number of nitrogens with zero attached hydrogens (tertiary/aromatic N) is 2. The average Bonchev–Trinajstić information content (AvgIpc) is 2.45. The van der Waals surface area contributed by atoms with E-state index in [0.29, 0.717) is 45.3 Å². The average molecular weight is 346 g/mol. The molecule has 0 aromatic heterocycles. The highest BCUT2D eigenvalue weighted by Gasteiger charge is 2.32. The van der Waals surface area contributed by atoms with E-state index in [9.17, 15) is 18.4 Å². The summed E-state index contributed by atoms with van der Waals surface area (Å²) in [5.74, 6) is -1.88. The highest BCUT2D eigenvalue weighted by molar-refractivity contribution is 5.94. The number of piperazine rings is 1. The molecule has 2 aliphatic heterocycles. The van der Waals surface area contributed by atoms with Gasteiger partial charge in [-0.05, 0) is 12.1 Å². The van der Waals surface area contributed by atoms with Gasteiger partial charge in [-0.15, -0.1) is 12.4 Å². The first-order chi connectivity index (χ1) is 10.6. The number of nitrogens with one attached hydrogen (secondary N) is 1. The number of rotatable bonds is 2. The van der Waals surface area contributed by atoms with Crippen LogP contribution >= 0.6 is 12.4 Å². The Morgan fingerprint density at radius 1 is 1.04 bits per heavy atom. The smallest absolute Gasteiger partial charge is 0.256 e. The predicted molar refractivity (Wildman–Crippen MR) is 82.4 cm³/mol. The van der Waals surface area contributed by atoms with Crippen molar-refractivity contribution in [2.24, 2.45) is 5.92 Å². The summed E-state index contributed by atoms with van der Waals surface area (Å²) in [7, 11) is 0. The number of carbonyl (C=O) groups excluding carboxylic acids is 2. The van der Waals surface area contributed by atoms with Crippen LogP contribution in [0.4, 0.5) is 8.78 Å². The minimum absolute atomic E-state index is 0. The molecular weight excluding hydrogens is 328 g/mol. The third-order valence-electron chi connectivity index (χ3n) is 4.17. The van der Waals surface area contributed by atoms with Gasteiger partial charge in [0.2, 0.25) is 5.91 Å². The minimum Gasteiger partial charge on any atom is -0.339 e. The van der Waals surface area contributed by atoms with Crippen LogP contribution in [0.3, 0.4) is 0 Å². The normalized spacial score (nSPS) is 18.2. The summed E-state index contributed by atoms with van der Waals surface area (Å²) in [6, 6.07) is 2.93. The second-order valence-corrected chi connectivity index (χ2v) is 5.60. The van der Waals surface area contributed by atoms with E-state index in [1.165, 1.54) is 4.90 Å². The van der Waals surface area contributed by atoms with Crippen molar-refractivity contribution in [2.75, 3.05) is 39.3 Å². The first-order valence-corrected chi connectivity index (χ1v) is 7.30. The van der Waals surface area contributed by atoms with E-state index in [0.717, 1.165) is 12.1 Å². The lowest BCUT2D eigenvalue weighted by molar-refractivity contribution is -0.138. The molecule has 0 bridgehead atoms. The largest absolute Gasteiger partial charge is 0.339 e. The van der Waals surface area contributed by atoms with Crippen molar-refractivity contribution >= 4 is 24.2 Å². The van der Waals surface area contributed by atoms with Gasteiger partial charge in [-0.3, -0.25) is 9.59 Å². The number of hydrogen-bond donors (Lipinski definition) is 1. The monoisotopic (exact) mass is 345 g/mol. The highest BCUT2D eigenvalue weighted by Crippen LogP contribution is 2.15. The first-order valence-electron chi connectivity index (χ1n) is 7.30. The Labute approximate surface area is 139 Å². The fourth-order valence-corrected chi connectivity index (χ4v) is 2.68. The van der Waals surface area contributed by atoms with E-state index >= 15 is 0 Å². The first kappa shape index (κ1) is 17.6. The summed E-state index contributed by atoms with van der Waals surface area (Å²) in [5.41, 5.74) is -0.135. The molecule has 2 heterocycles. The highest BCUT2D eigenvalue weighted by atomic mass is 35.5. The molecule has 0 radical (unpaired) electrons. The van der Waals surface area contributed by atoms with E-state index in [1.807, 2.05) is 0 Å². The zero-order valence-electron chi connectivity index (χ0n) is 12.4. The van der Waals surface area contributed by atoms with E-state index in [4.69, 9.17) is 0 Å². The number of hydrogen-bond acceptors (Lipinski definition) is 3. The third kappa shape index (κ3) is 3.61. The van der Waals surface area contributed by atoms with Crippen molar-refractivity contribution in [1.29, 1.82) is 0 Å². The molecule has 0 atom stereocenters. The zero-order valence-corrected chi connectivity index (χ0v) is 13.2. The fraction of sp³-hybridized carbons (Fsp3) is 0.467. The lowest BCUT2D eigenvalue weighted by Gasteiger charge is -2.38. The van der Waals surface area contributed by atoms with Gasteiger partial charge in [-0.2, -0.15) is 0 Å². The van der Waals surface area contributed by atoms with Crippen molar-refractivity contribution in [3.63, 3.8) is 0 Å². The Morgan fingerprint density at radius 3 is 2.17 bits per heavy atom. The van der Waals surface area contributed by atoms with Gasteiger partial charge in [0.15, 0.2) is 0 Å². The van der Waals surface area contributed by atoms with Gasteiger partial charge in [0.1, 0.15) is 11.6 Å². The predicted octanol–water partition coefficient (Wildman–Crippen LogP) is 0.890. The molecular formula is C15H18ClF2N3O2.